The molecule has 0 aliphatic rings. The number of pyridine rings is 1. The normalized spacial score (nSPS) is 15.1. The Hall–Kier alpha value is -0.970. The van der Waals surface area contributed by atoms with E-state index in [-0.39, 0.29) is 13.0 Å². The van der Waals surface area contributed by atoms with Crippen molar-refractivity contribution >= 4 is 0 Å². The molecule has 0 aliphatic heterocycles. The van der Waals surface area contributed by atoms with E-state index in [1.807, 2.05) is 13.0 Å². The van der Waals surface area contributed by atoms with E-state index in [0.717, 1.165) is 5.56 Å². The largest absolute Gasteiger partial charge is 0.396 e. The van der Waals surface area contributed by atoms with Crippen molar-refractivity contribution in [3.8, 4) is 0 Å². The van der Waals surface area contributed by atoms with Crippen LogP contribution in [0.1, 0.15) is 23.8 Å². The Kier molecular flexibility index (Phi) is 4.00. The van der Waals surface area contributed by atoms with Gasteiger partial charge in [0.15, 0.2) is 0 Å². The van der Waals surface area contributed by atoms with Crippen molar-refractivity contribution < 1.29 is 15.3 Å². The third-order valence-corrected chi connectivity index (χ3v) is 2.03. The summed E-state index contributed by atoms with van der Waals surface area (Å²) in [4.78, 5) is 3.99. The molecule has 0 spiro atoms. The van der Waals surface area contributed by atoms with Gasteiger partial charge in [0.25, 0.3) is 0 Å². The SMILES string of the molecule is Cc1ccc(C(O)C(O)CCO)nc1. The molecule has 1 aromatic heterocycles. The van der Waals surface area contributed by atoms with Crippen LogP contribution in [0.4, 0.5) is 0 Å². The van der Waals surface area contributed by atoms with Crippen molar-refractivity contribution in [2.24, 2.45) is 0 Å². The Morgan fingerprint density at radius 1 is 1.36 bits per heavy atom. The van der Waals surface area contributed by atoms with E-state index < -0.39 is 12.2 Å². The van der Waals surface area contributed by atoms with Crippen LogP contribution >= 0.6 is 0 Å². The zero-order valence-corrected chi connectivity index (χ0v) is 8.09. The van der Waals surface area contributed by atoms with Crippen molar-refractivity contribution in [2.75, 3.05) is 6.61 Å². The Balaban J connectivity index is 2.68. The highest BCUT2D eigenvalue weighted by Crippen LogP contribution is 2.16. The van der Waals surface area contributed by atoms with Gasteiger partial charge in [-0.15, -0.1) is 0 Å². The number of hydrogen-bond donors (Lipinski definition) is 3. The first-order chi connectivity index (χ1) is 6.65. The number of aliphatic hydroxyl groups is 3. The van der Waals surface area contributed by atoms with Gasteiger partial charge in [-0.3, -0.25) is 4.98 Å². The summed E-state index contributed by atoms with van der Waals surface area (Å²) in [6.07, 6.45) is -0.209. The summed E-state index contributed by atoms with van der Waals surface area (Å²) in [5.41, 5.74) is 1.43. The van der Waals surface area contributed by atoms with E-state index in [1.165, 1.54) is 0 Å². The lowest BCUT2D eigenvalue weighted by molar-refractivity contribution is 0.00191. The van der Waals surface area contributed by atoms with Crippen LogP contribution in [0.25, 0.3) is 0 Å². The Morgan fingerprint density at radius 2 is 2.07 bits per heavy atom. The first-order valence-electron chi connectivity index (χ1n) is 4.54. The van der Waals surface area contributed by atoms with E-state index >= 15 is 0 Å². The number of aryl methyl sites for hydroxylation is 1. The molecule has 0 amide bonds. The van der Waals surface area contributed by atoms with Crippen LogP contribution in [0.3, 0.4) is 0 Å². The Morgan fingerprint density at radius 3 is 2.57 bits per heavy atom. The highest BCUT2D eigenvalue weighted by atomic mass is 16.3. The van der Waals surface area contributed by atoms with Crippen LogP contribution < -0.4 is 0 Å². The van der Waals surface area contributed by atoms with Crippen LogP contribution in [0.2, 0.25) is 0 Å². The molecule has 14 heavy (non-hydrogen) atoms. The lowest BCUT2D eigenvalue weighted by Crippen LogP contribution is -2.20. The fourth-order valence-corrected chi connectivity index (χ4v) is 1.14. The molecule has 0 fully saturated rings. The minimum atomic E-state index is -1.03. The van der Waals surface area contributed by atoms with Gasteiger partial charge < -0.3 is 15.3 Å². The first kappa shape index (κ1) is 11.1. The maximum absolute atomic E-state index is 9.59. The van der Waals surface area contributed by atoms with Gasteiger partial charge in [0.05, 0.1) is 11.8 Å². The van der Waals surface area contributed by atoms with Crippen molar-refractivity contribution in [3.63, 3.8) is 0 Å². The second-order valence-electron chi connectivity index (χ2n) is 3.28. The minimum absolute atomic E-state index is 0.149. The summed E-state index contributed by atoms with van der Waals surface area (Å²) in [7, 11) is 0. The molecule has 4 nitrogen and oxygen atoms in total. The van der Waals surface area contributed by atoms with E-state index in [2.05, 4.69) is 4.98 Å². The van der Waals surface area contributed by atoms with Crippen LogP contribution in [-0.4, -0.2) is 33.0 Å². The monoisotopic (exact) mass is 197 g/mol. The smallest absolute Gasteiger partial charge is 0.122 e. The van der Waals surface area contributed by atoms with E-state index in [4.69, 9.17) is 5.11 Å². The molecular weight excluding hydrogens is 182 g/mol. The molecule has 2 unspecified atom stereocenters. The fraction of sp³-hybridized carbons (Fsp3) is 0.500. The number of aromatic nitrogens is 1. The molecule has 1 aromatic rings. The van der Waals surface area contributed by atoms with Crippen molar-refractivity contribution in [1.29, 1.82) is 0 Å². The van der Waals surface area contributed by atoms with E-state index in [9.17, 15) is 10.2 Å². The molecule has 78 valence electrons. The van der Waals surface area contributed by atoms with Gasteiger partial charge in [-0.25, -0.2) is 0 Å². The molecule has 1 rings (SSSR count). The zero-order valence-electron chi connectivity index (χ0n) is 8.09. The van der Waals surface area contributed by atoms with Gasteiger partial charge >= 0.3 is 0 Å². The average molecular weight is 197 g/mol. The van der Waals surface area contributed by atoms with Gasteiger partial charge in [0.2, 0.25) is 0 Å². The van der Waals surface area contributed by atoms with Crippen molar-refractivity contribution in [3.05, 3.63) is 29.6 Å². The van der Waals surface area contributed by atoms with Crippen LogP contribution in [0.5, 0.6) is 0 Å². The second-order valence-corrected chi connectivity index (χ2v) is 3.28. The minimum Gasteiger partial charge on any atom is -0.396 e. The predicted molar refractivity (Wildman–Crippen MR) is 51.6 cm³/mol. The van der Waals surface area contributed by atoms with Gasteiger partial charge in [-0.05, 0) is 25.0 Å². The number of rotatable bonds is 4. The molecule has 0 bridgehead atoms. The molecule has 0 saturated carbocycles. The maximum atomic E-state index is 9.59. The first-order valence-corrected chi connectivity index (χ1v) is 4.54. The van der Waals surface area contributed by atoms with Crippen molar-refractivity contribution in [2.45, 2.75) is 25.6 Å². The standard InChI is InChI=1S/C10H15NO3/c1-7-2-3-8(11-6-7)10(14)9(13)4-5-12/h2-3,6,9-10,12-14H,4-5H2,1H3. The highest BCUT2D eigenvalue weighted by Gasteiger charge is 2.18. The Bertz CT molecular complexity index is 273. The van der Waals surface area contributed by atoms with Gasteiger partial charge in [0, 0.05) is 12.8 Å². The molecule has 0 radical (unpaired) electrons. The number of hydrogen-bond acceptors (Lipinski definition) is 4. The van der Waals surface area contributed by atoms with Gasteiger partial charge in [0.1, 0.15) is 6.10 Å². The molecule has 3 N–H and O–H groups in total. The number of nitrogens with zero attached hydrogens (tertiary/aromatic N) is 1. The summed E-state index contributed by atoms with van der Waals surface area (Å²) in [6, 6.07) is 3.48. The summed E-state index contributed by atoms with van der Waals surface area (Å²) >= 11 is 0. The quantitative estimate of drug-likeness (QED) is 0.643. The third-order valence-electron chi connectivity index (χ3n) is 2.03. The van der Waals surface area contributed by atoms with E-state index in [1.54, 1.807) is 12.3 Å². The summed E-state index contributed by atoms with van der Waals surface area (Å²) in [6.45, 7) is 1.75. The topological polar surface area (TPSA) is 73.6 Å². The molecular formula is C10H15NO3. The second kappa shape index (κ2) is 5.05. The summed E-state index contributed by atoms with van der Waals surface area (Å²) in [5.74, 6) is 0. The van der Waals surface area contributed by atoms with Crippen molar-refractivity contribution in [1.82, 2.24) is 4.98 Å². The molecule has 0 aromatic carbocycles. The van der Waals surface area contributed by atoms with E-state index in [0.29, 0.717) is 5.69 Å². The molecule has 0 aliphatic carbocycles. The van der Waals surface area contributed by atoms with Crippen LogP contribution in [-0.2, 0) is 0 Å². The number of aliphatic hydroxyl groups excluding tert-OH is 3. The highest BCUT2D eigenvalue weighted by molar-refractivity contribution is 5.14. The molecule has 2 atom stereocenters. The lowest BCUT2D eigenvalue weighted by atomic mass is 10.1. The molecule has 4 heteroatoms. The maximum Gasteiger partial charge on any atom is 0.122 e. The third kappa shape index (κ3) is 2.77. The lowest BCUT2D eigenvalue weighted by Gasteiger charge is -2.16. The van der Waals surface area contributed by atoms with Crippen LogP contribution in [0, 0.1) is 6.92 Å². The zero-order chi connectivity index (χ0) is 10.6. The molecule has 0 saturated heterocycles. The predicted octanol–water partition coefficient (Wildman–Crippen LogP) is 0.167. The van der Waals surface area contributed by atoms with Gasteiger partial charge in [-0.2, -0.15) is 0 Å². The Labute approximate surface area is 82.9 Å². The average Bonchev–Trinajstić information content (AvgIpc) is 2.18. The van der Waals surface area contributed by atoms with Gasteiger partial charge in [-0.1, -0.05) is 6.07 Å². The summed E-state index contributed by atoms with van der Waals surface area (Å²) < 4.78 is 0. The fourth-order valence-electron chi connectivity index (χ4n) is 1.14. The van der Waals surface area contributed by atoms with Crippen LogP contribution in [0.15, 0.2) is 18.3 Å². The summed E-state index contributed by atoms with van der Waals surface area (Å²) in [5, 5.41) is 27.6. The molecule has 1 heterocycles.